The molecular weight excluding hydrogens is 200 g/mol. The molecule has 0 saturated carbocycles. The molecule has 0 aromatic heterocycles. The molecule has 0 N–H and O–H groups in total. The molecule has 3 heteroatoms. The summed E-state index contributed by atoms with van der Waals surface area (Å²) >= 11 is 0. The highest BCUT2D eigenvalue weighted by Gasteiger charge is 2.08. The Kier molecular flexibility index (Phi) is 13.9. The Bertz CT molecular complexity index is 160. The molecule has 0 aliphatic rings. The van der Waals surface area contributed by atoms with E-state index >= 15 is 0 Å². The molecule has 0 aromatic rings. The lowest BCUT2D eigenvalue weighted by atomic mass is 10.3. The Morgan fingerprint density at radius 1 is 1.06 bits per heavy atom. The highest BCUT2D eigenvalue weighted by molar-refractivity contribution is 5.75. The molecule has 0 rings (SSSR count). The smallest absolute Gasteiger partial charge is 0.223 e. The third kappa shape index (κ3) is 9.97. The van der Waals surface area contributed by atoms with Gasteiger partial charge in [0, 0.05) is 26.6 Å². The van der Waals surface area contributed by atoms with Gasteiger partial charge in [-0.15, -0.1) is 0 Å². The summed E-state index contributed by atoms with van der Waals surface area (Å²) in [6, 6.07) is 0. The van der Waals surface area contributed by atoms with E-state index in [0.29, 0.717) is 6.42 Å². The number of nitrogens with zero attached hydrogens (tertiary/aromatic N) is 2. The fourth-order valence-corrected chi connectivity index (χ4v) is 1.16. The first-order valence-corrected chi connectivity index (χ1v) is 6.54. The first-order valence-electron chi connectivity index (χ1n) is 6.54. The zero-order chi connectivity index (χ0) is 13.0. The van der Waals surface area contributed by atoms with E-state index in [9.17, 15) is 4.79 Å². The van der Waals surface area contributed by atoms with Crippen LogP contribution in [-0.4, -0.2) is 49.4 Å². The van der Waals surface area contributed by atoms with Crippen LogP contribution in [0.3, 0.4) is 0 Å². The number of amides is 1. The van der Waals surface area contributed by atoms with Gasteiger partial charge >= 0.3 is 0 Å². The molecule has 0 bridgehead atoms. The standard InChI is InChI=1S/C11H24N2O.C2H6/c1-5-7-9-13(4)11(14)8-10-12(3)6-2;1-2/h5-10H2,1-4H3;1-2H3. The third-order valence-electron chi connectivity index (χ3n) is 2.52. The molecule has 0 heterocycles. The second-order valence-corrected chi connectivity index (χ2v) is 3.81. The molecule has 3 nitrogen and oxygen atoms in total. The lowest BCUT2D eigenvalue weighted by Gasteiger charge is -2.19. The van der Waals surface area contributed by atoms with E-state index in [1.54, 1.807) is 0 Å². The maximum Gasteiger partial charge on any atom is 0.223 e. The molecule has 98 valence electrons. The highest BCUT2D eigenvalue weighted by Crippen LogP contribution is 1.96. The SMILES string of the molecule is CC.CCCCN(C)C(=O)CCN(C)CC. The van der Waals surface area contributed by atoms with Crippen LogP contribution in [0.5, 0.6) is 0 Å². The summed E-state index contributed by atoms with van der Waals surface area (Å²) < 4.78 is 0. The lowest BCUT2D eigenvalue weighted by molar-refractivity contribution is -0.130. The average Bonchev–Trinajstić information content (AvgIpc) is 2.34. The van der Waals surface area contributed by atoms with E-state index in [0.717, 1.165) is 32.5 Å². The van der Waals surface area contributed by atoms with Gasteiger partial charge in [0.1, 0.15) is 0 Å². The maximum absolute atomic E-state index is 11.6. The van der Waals surface area contributed by atoms with Crippen LogP contribution in [-0.2, 0) is 4.79 Å². The van der Waals surface area contributed by atoms with Gasteiger partial charge in [0.25, 0.3) is 0 Å². The molecule has 1 amide bonds. The van der Waals surface area contributed by atoms with E-state index in [1.807, 2.05) is 32.8 Å². The Labute approximate surface area is 102 Å². The van der Waals surface area contributed by atoms with Crippen molar-refractivity contribution in [2.75, 3.05) is 33.7 Å². The highest BCUT2D eigenvalue weighted by atomic mass is 16.2. The van der Waals surface area contributed by atoms with E-state index in [1.165, 1.54) is 0 Å². The van der Waals surface area contributed by atoms with E-state index in [2.05, 4.69) is 18.7 Å². The molecule has 0 saturated heterocycles. The van der Waals surface area contributed by atoms with Gasteiger partial charge in [-0.25, -0.2) is 0 Å². The number of unbranched alkanes of at least 4 members (excludes halogenated alkanes) is 1. The summed E-state index contributed by atoms with van der Waals surface area (Å²) in [5.41, 5.74) is 0. The van der Waals surface area contributed by atoms with Crippen LogP contribution in [0.25, 0.3) is 0 Å². The number of carbonyl (C=O) groups excluding carboxylic acids is 1. The van der Waals surface area contributed by atoms with Crippen molar-refractivity contribution in [1.82, 2.24) is 9.80 Å². The zero-order valence-electron chi connectivity index (χ0n) is 12.0. The first-order chi connectivity index (χ1) is 7.61. The van der Waals surface area contributed by atoms with Gasteiger partial charge in [0.05, 0.1) is 0 Å². The predicted molar refractivity (Wildman–Crippen MR) is 71.7 cm³/mol. The second kappa shape index (κ2) is 12.5. The van der Waals surface area contributed by atoms with Crippen molar-refractivity contribution < 1.29 is 4.79 Å². The lowest BCUT2D eigenvalue weighted by Crippen LogP contribution is -2.31. The third-order valence-corrected chi connectivity index (χ3v) is 2.52. The van der Waals surface area contributed by atoms with Crippen molar-refractivity contribution in [3.8, 4) is 0 Å². The van der Waals surface area contributed by atoms with Gasteiger partial charge in [-0.3, -0.25) is 4.79 Å². The minimum absolute atomic E-state index is 0.263. The molecule has 0 spiro atoms. The normalized spacial score (nSPS) is 9.69. The van der Waals surface area contributed by atoms with Gasteiger partial charge in [-0.1, -0.05) is 34.1 Å². The minimum atomic E-state index is 0.263. The van der Waals surface area contributed by atoms with Crippen LogP contribution in [0.2, 0.25) is 0 Å². The van der Waals surface area contributed by atoms with Crippen LogP contribution in [0.15, 0.2) is 0 Å². The molecular formula is C13H30N2O. The number of rotatable bonds is 7. The molecule has 16 heavy (non-hydrogen) atoms. The summed E-state index contributed by atoms with van der Waals surface area (Å²) in [6.07, 6.45) is 2.89. The van der Waals surface area contributed by atoms with Crippen LogP contribution in [0.4, 0.5) is 0 Å². The topological polar surface area (TPSA) is 23.6 Å². The largest absolute Gasteiger partial charge is 0.346 e. The Balaban J connectivity index is 0. The monoisotopic (exact) mass is 230 g/mol. The fraction of sp³-hybridized carbons (Fsp3) is 0.923. The Morgan fingerprint density at radius 3 is 2.06 bits per heavy atom. The summed E-state index contributed by atoms with van der Waals surface area (Å²) in [7, 11) is 3.93. The summed E-state index contributed by atoms with van der Waals surface area (Å²) in [5.74, 6) is 0.263. The van der Waals surface area contributed by atoms with E-state index < -0.39 is 0 Å². The van der Waals surface area contributed by atoms with E-state index in [-0.39, 0.29) is 5.91 Å². The van der Waals surface area contributed by atoms with Crippen LogP contribution >= 0.6 is 0 Å². The van der Waals surface area contributed by atoms with Crippen molar-refractivity contribution in [2.45, 2.75) is 47.0 Å². The molecule has 0 radical (unpaired) electrons. The van der Waals surface area contributed by atoms with Crippen LogP contribution in [0.1, 0.15) is 47.0 Å². The molecule has 0 fully saturated rings. The van der Waals surface area contributed by atoms with Gasteiger partial charge < -0.3 is 9.80 Å². The minimum Gasteiger partial charge on any atom is -0.346 e. The molecule has 0 aromatic carbocycles. The van der Waals surface area contributed by atoms with Gasteiger partial charge in [-0.05, 0) is 20.0 Å². The van der Waals surface area contributed by atoms with Crippen LogP contribution in [0, 0.1) is 0 Å². The van der Waals surface area contributed by atoms with Crippen LogP contribution < -0.4 is 0 Å². The predicted octanol–water partition coefficient (Wildman–Crippen LogP) is 2.61. The van der Waals surface area contributed by atoms with Gasteiger partial charge in [-0.2, -0.15) is 0 Å². The molecule has 0 aliphatic carbocycles. The molecule has 0 aliphatic heterocycles. The summed E-state index contributed by atoms with van der Waals surface area (Å²) in [4.78, 5) is 15.6. The second-order valence-electron chi connectivity index (χ2n) is 3.81. The molecule has 0 atom stereocenters. The number of carbonyl (C=O) groups is 1. The van der Waals surface area contributed by atoms with Crippen molar-refractivity contribution in [1.29, 1.82) is 0 Å². The van der Waals surface area contributed by atoms with Crippen molar-refractivity contribution in [3.63, 3.8) is 0 Å². The average molecular weight is 230 g/mol. The van der Waals surface area contributed by atoms with Crippen molar-refractivity contribution >= 4 is 5.91 Å². The Morgan fingerprint density at radius 2 is 1.62 bits per heavy atom. The van der Waals surface area contributed by atoms with Crippen molar-refractivity contribution in [2.24, 2.45) is 0 Å². The van der Waals surface area contributed by atoms with Gasteiger partial charge in [0.15, 0.2) is 0 Å². The fourth-order valence-electron chi connectivity index (χ4n) is 1.16. The quantitative estimate of drug-likeness (QED) is 0.671. The maximum atomic E-state index is 11.6. The van der Waals surface area contributed by atoms with Gasteiger partial charge in [0.2, 0.25) is 5.91 Å². The number of hydrogen-bond acceptors (Lipinski definition) is 2. The molecule has 0 unspecified atom stereocenters. The first kappa shape index (κ1) is 17.8. The van der Waals surface area contributed by atoms with E-state index in [4.69, 9.17) is 0 Å². The Hall–Kier alpha value is -0.570. The summed E-state index contributed by atoms with van der Waals surface area (Å²) in [5, 5.41) is 0. The summed E-state index contributed by atoms with van der Waals surface area (Å²) in [6.45, 7) is 11.0. The van der Waals surface area contributed by atoms with Crippen molar-refractivity contribution in [3.05, 3.63) is 0 Å². The zero-order valence-corrected chi connectivity index (χ0v) is 12.0. The number of hydrogen-bond donors (Lipinski definition) is 0.